The summed E-state index contributed by atoms with van der Waals surface area (Å²) in [6, 6.07) is 7.50. The van der Waals surface area contributed by atoms with Crippen molar-refractivity contribution in [2.45, 2.75) is 24.0 Å². The van der Waals surface area contributed by atoms with E-state index in [0.29, 0.717) is 36.8 Å². The molecule has 2 aromatic heterocycles. The van der Waals surface area contributed by atoms with Crippen molar-refractivity contribution in [3.8, 4) is 0 Å². The lowest BCUT2D eigenvalue weighted by Gasteiger charge is -2.33. The predicted octanol–water partition coefficient (Wildman–Crippen LogP) is 2.58. The van der Waals surface area contributed by atoms with E-state index in [2.05, 4.69) is 0 Å². The number of thiophene rings is 2. The molecule has 0 aliphatic carbocycles. The van der Waals surface area contributed by atoms with Gasteiger partial charge in [0.25, 0.3) is 10.0 Å². The second kappa shape index (κ2) is 7.35. The molecule has 3 heterocycles. The average molecular weight is 385 g/mol. The Kier molecular flexibility index (Phi) is 5.39. The molecule has 0 unspecified atom stereocenters. The van der Waals surface area contributed by atoms with Gasteiger partial charge in [-0.3, -0.25) is 4.79 Å². The Morgan fingerprint density at radius 2 is 1.92 bits per heavy atom. The number of hydrogen-bond donors (Lipinski definition) is 0. The molecule has 24 heavy (non-hydrogen) atoms. The first kappa shape index (κ1) is 17.6. The molecule has 0 bridgehead atoms. The molecule has 8 heteroatoms. The van der Waals surface area contributed by atoms with Crippen molar-refractivity contribution in [3.63, 3.8) is 0 Å². The van der Waals surface area contributed by atoms with E-state index in [4.69, 9.17) is 0 Å². The van der Waals surface area contributed by atoms with E-state index in [-0.39, 0.29) is 5.91 Å². The van der Waals surface area contributed by atoms with Crippen LogP contribution in [0.15, 0.2) is 33.9 Å². The topological polar surface area (TPSA) is 57.7 Å². The number of amides is 1. The van der Waals surface area contributed by atoms with Crippen LogP contribution in [0.5, 0.6) is 0 Å². The number of rotatable bonds is 5. The van der Waals surface area contributed by atoms with Crippen molar-refractivity contribution in [3.05, 3.63) is 39.4 Å². The normalized spacial score (nSPS) is 16.5. The number of sulfonamides is 1. The minimum Gasteiger partial charge on any atom is -0.340 e. The highest BCUT2D eigenvalue weighted by molar-refractivity contribution is 7.91. The summed E-state index contributed by atoms with van der Waals surface area (Å²) in [5.41, 5.74) is 0. The van der Waals surface area contributed by atoms with Crippen LogP contribution in [0.2, 0.25) is 0 Å². The lowest BCUT2D eigenvalue weighted by atomic mass is 10.2. The maximum Gasteiger partial charge on any atom is 0.252 e. The van der Waals surface area contributed by atoms with Gasteiger partial charge in [-0.15, -0.1) is 22.7 Å². The highest BCUT2D eigenvalue weighted by Crippen LogP contribution is 2.25. The van der Waals surface area contributed by atoms with Crippen LogP contribution in [0, 0.1) is 6.92 Å². The molecular formula is C16H20N2O3S3. The molecule has 1 fully saturated rings. The van der Waals surface area contributed by atoms with Crippen molar-refractivity contribution in [1.82, 2.24) is 9.21 Å². The van der Waals surface area contributed by atoms with E-state index in [9.17, 15) is 13.2 Å². The maximum atomic E-state index is 12.6. The van der Waals surface area contributed by atoms with Crippen LogP contribution in [0.25, 0.3) is 0 Å². The second-order valence-electron chi connectivity index (χ2n) is 5.73. The molecule has 0 saturated carbocycles. The Balaban J connectivity index is 1.54. The van der Waals surface area contributed by atoms with Crippen molar-refractivity contribution < 1.29 is 13.2 Å². The van der Waals surface area contributed by atoms with E-state index in [1.807, 2.05) is 30.5 Å². The van der Waals surface area contributed by atoms with E-state index in [0.717, 1.165) is 11.3 Å². The van der Waals surface area contributed by atoms with Gasteiger partial charge in [0.15, 0.2) is 0 Å². The fourth-order valence-corrected chi connectivity index (χ4v) is 6.27. The fourth-order valence-electron chi connectivity index (χ4n) is 2.70. The molecule has 0 N–H and O–H groups in total. The largest absolute Gasteiger partial charge is 0.340 e. The van der Waals surface area contributed by atoms with Gasteiger partial charge in [-0.05, 0) is 36.9 Å². The van der Waals surface area contributed by atoms with Gasteiger partial charge in [0.1, 0.15) is 4.21 Å². The zero-order chi connectivity index (χ0) is 17.2. The third-order valence-corrected chi connectivity index (χ3v) is 8.37. The second-order valence-corrected chi connectivity index (χ2v) is 10.2. The quantitative estimate of drug-likeness (QED) is 0.796. The first-order valence-corrected chi connectivity index (χ1v) is 11.0. The molecule has 0 aromatic carbocycles. The van der Waals surface area contributed by atoms with E-state index < -0.39 is 10.0 Å². The van der Waals surface area contributed by atoms with Crippen molar-refractivity contribution in [1.29, 1.82) is 0 Å². The summed E-state index contributed by atoms with van der Waals surface area (Å²) in [6.45, 7) is 3.56. The number of aryl methyl sites for hydroxylation is 2. The van der Waals surface area contributed by atoms with Gasteiger partial charge in [0.2, 0.25) is 5.91 Å². The summed E-state index contributed by atoms with van der Waals surface area (Å²) < 4.78 is 27.1. The summed E-state index contributed by atoms with van der Waals surface area (Å²) in [6.07, 6.45) is 1.24. The monoisotopic (exact) mass is 384 g/mol. The molecule has 1 aliphatic heterocycles. The zero-order valence-electron chi connectivity index (χ0n) is 13.5. The number of carbonyl (C=O) groups excluding carboxylic acids is 1. The Morgan fingerprint density at radius 3 is 2.50 bits per heavy atom. The minimum absolute atomic E-state index is 0.104. The molecule has 0 atom stereocenters. The standard InChI is InChI=1S/C16H20N2O3S3/c1-13-4-7-16(23-13)24(20,21)18-10-8-17(9-11-18)15(19)6-5-14-3-2-12-22-14/h2-4,7,12H,5-6,8-11H2,1H3. The molecule has 1 aliphatic rings. The Bertz CT molecular complexity index is 788. The molecular weight excluding hydrogens is 364 g/mol. The van der Waals surface area contributed by atoms with Gasteiger partial charge in [-0.25, -0.2) is 8.42 Å². The van der Waals surface area contributed by atoms with Crippen LogP contribution in [0.3, 0.4) is 0 Å². The average Bonchev–Trinajstić information content (AvgIpc) is 3.24. The maximum absolute atomic E-state index is 12.6. The van der Waals surface area contributed by atoms with Crippen LogP contribution in [-0.4, -0.2) is 49.7 Å². The first-order chi connectivity index (χ1) is 11.5. The van der Waals surface area contributed by atoms with Gasteiger partial charge in [0.05, 0.1) is 0 Å². The van der Waals surface area contributed by atoms with Crippen molar-refractivity contribution in [2.75, 3.05) is 26.2 Å². The van der Waals surface area contributed by atoms with Crippen LogP contribution >= 0.6 is 22.7 Å². The van der Waals surface area contributed by atoms with Crippen LogP contribution in [-0.2, 0) is 21.2 Å². The van der Waals surface area contributed by atoms with Crippen LogP contribution in [0.1, 0.15) is 16.2 Å². The summed E-state index contributed by atoms with van der Waals surface area (Å²) >= 11 is 2.95. The fraction of sp³-hybridized carbons (Fsp3) is 0.438. The molecule has 1 saturated heterocycles. The Labute approximate surface area is 150 Å². The van der Waals surface area contributed by atoms with E-state index in [1.54, 1.807) is 22.3 Å². The molecule has 1 amide bonds. The van der Waals surface area contributed by atoms with Gasteiger partial charge < -0.3 is 4.90 Å². The third kappa shape index (κ3) is 3.88. The highest BCUT2D eigenvalue weighted by Gasteiger charge is 2.30. The lowest BCUT2D eigenvalue weighted by molar-refractivity contribution is -0.132. The van der Waals surface area contributed by atoms with Crippen molar-refractivity contribution in [2.24, 2.45) is 0 Å². The third-order valence-electron chi connectivity index (χ3n) is 4.07. The van der Waals surface area contributed by atoms with Gasteiger partial charge >= 0.3 is 0 Å². The molecule has 0 spiro atoms. The number of hydrogen-bond acceptors (Lipinski definition) is 5. The van der Waals surface area contributed by atoms with E-state index >= 15 is 0 Å². The van der Waals surface area contributed by atoms with Crippen LogP contribution in [0.4, 0.5) is 0 Å². The molecule has 2 aromatic rings. The van der Waals surface area contributed by atoms with Gasteiger partial charge in [-0.1, -0.05) is 6.07 Å². The summed E-state index contributed by atoms with van der Waals surface area (Å²) in [5.74, 6) is 0.104. The van der Waals surface area contributed by atoms with E-state index in [1.165, 1.54) is 20.5 Å². The molecule has 0 radical (unpaired) electrons. The number of piperazine rings is 1. The summed E-state index contributed by atoms with van der Waals surface area (Å²) in [4.78, 5) is 16.3. The predicted molar refractivity (Wildman–Crippen MR) is 97.0 cm³/mol. The SMILES string of the molecule is Cc1ccc(S(=O)(=O)N2CCN(C(=O)CCc3cccs3)CC2)s1. The smallest absolute Gasteiger partial charge is 0.252 e. The zero-order valence-corrected chi connectivity index (χ0v) is 15.9. The number of nitrogens with zero attached hydrogens (tertiary/aromatic N) is 2. The summed E-state index contributed by atoms with van der Waals surface area (Å²) in [7, 11) is -3.42. The van der Waals surface area contributed by atoms with Gasteiger partial charge in [-0.2, -0.15) is 4.31 Å². The Morgan fingerprint density at radius 1 is 1.17 bits per heavy atom. The molecule has 3 rings (SSSR count). The van der Waals surface area contributed by atoms with Crippen LogP contribution < -0.4 is 0 Å². The minimum atomic E-state index is -3.42. The Hall–Kier alpha value is -1.22. The first-order valence-electron chi connectivity index (χ1n) is 7.83. The number of carbonyl (C=O) groups is 1. The molecule has 130 valence electrons. The van der Waals surface area contributed by atoms with Crippen molar-refractivity contribution >= 4 is 38.6 Å². The highest BCUT2D eigenvalue weighted by atomic mass is 32.2. The summed E-state index contributed by atoms with van der Waals surface area (Å²) in [5, 5.41) is 2.01. The molecule has 5 nitrogen and oxygen atoms in total. The lowest BCUT2D eigenvalue weighted by Crippen LogP contribution is -2.50. The van der Waals surface area contributed by atoms with Gasteiger partial charge in [0, 0.05) is 42.4 Å².